The fourth-order valence-corrected chi connectivity index (χ4v) is 5.47. The van der Waals surface area contributed by atoms with Crippen LogP contribution in [0.1, 0.15) is 24.0 Å². The van der Waals surface area contributed by atoms with Crippen LogP contribution in [0.5, 0.6) is 17.2 Å². The average Bonchev–Trinajstić information content (AvgIpc) is 3.36. The van der Waals surface area contributed by atoms with Gasteiger partial charge in [-0.25, -0.2) is 14.7 Å². The fraction of sp³-hybridized carbons (Fsp3) is 0.333. The first-order chi connectivity index (χ1) is 23.2. The SMILES string of the molecule is COc1cc(/C=C/C(=O)OCN2C(=O)SC(Cc3ccc(OCCN(C)c4ccccn4)cc3)C2=O)ccc1OCCCCO[N+](=O)[O-]. The molecule has 14 nitrogen and oxygen atoms in total. The van der Waals surface area contributed by atoms with Crippen LogP contribution in [0.2, 0.25) is 0 Å². The van der Waals surface area contributed by atoms with E-state index in [1.807, 2.05) is 54.4 Å². The summed E-state index contributed by atoms with van der Waals surface area (Å²) in [5, 5.41) is 8.24. The van der Waals surface area contributed by atoms with Gasteiger partial charge in [0.05, 0.1) is 32.1 Å². The van der Waals surface area contributed by atoms with Crippen molar-refractivity contribution in [3.63, 3.8) is 0 Å². The summed E-state index contributed by atoms with van der Waals surface area (Å²) in [6.45, 7) is 0.917. The lowest BCUT2D eigenvalue weighted by Crippen LogP contribution is -2.34. The van der Waals surface area contributed by atoms with E-state index in [9.17, 15) is 24.5 Å². The summed E-state index contributed by atoms with van der Waals surface area (Å²) in [7, 11) is 3.41. The van der Waals surface area contributed by atoms with Crippen LogP contribution in [-0.4, -0.2) is 84.6 Å². The zero-order chi connectivity index (χ0) is 34.3. The van der Waals surface area contributed by atoms with Gasteiger partial charge in [0.1, 0.15) is 18.2 Å². The molecule has 1 aliphatic heterocycles. The van der Waals surface area contributed by atoms with Gasteiger partial charge in [0.15, 0.2) is 18.2 Å². The van der Waals surface area contributed by atoms with Crippen molar-refractivity contribution >= 4 is 40.8 Å². The van der Waals surface area contributed by atoms with Crippen LogP contribution in [0.4, 0.5) is 10.6 Å². The highest BCUT2D eigenvalue weighted by atomic mass is 32.2. The van der Waals surface area contributed by atoms with Crippen LogP contribution < -0.4 is 19.1 Å². The van der Waals surface area contributed by atoms with Crippen LogP contribution in [0, 0.1) is 10.1 Å². The average molecular weight is 681 g/mol. The summed E-state index contributed by atoms with van der Waals surface area (Å²) in [6.07, 6.45) is 5.75. The smallest absolute Gasteiger partial charge is 0.332 e. The lowest BCUT2D eigenvalue weighted by atomic mass is 10.1. The number of likely N-dealkylation sites (N-methyl/N-ethyl adjacent to an activating group) is 1. The van der Waals surface area contributed by atoms with Crippen LogP contribution in [-0.2, 0) is 25.6 Å². The Hall–Kier alpha value is -5.31. The van der Waals surface area contributed by atoms with Gasteiger partial charge in [-0.2, -0.15) is 0 Å². The normalized spacial score (nSPS) is 14.2. The Kier molecular flexibility index (Phi) is 13.4. The molecule has 4 rings (SSSR count). The molecule has 1 saturated heterocycles. The second-order valence-electron chi connectivity index (χ2n) is 10.4. The van der Waals surface area contributed by atoms with E-state index in [-0.39, 0.29) is 6.61 Å². The number of thioether (sulfide) groups is 1. The molecule has 2 heterocycles. The molecule has 48 heavy (non-hydrogen) atoms. The Balaban J connectivity index is 1.19. The van der Waals surface area contributed by atoms with Gasteiger partial charge in [-0.05, 0) is 72.9 Å². The van der Waals surface area contributed by atoms with E-state index in [1.54, 1.807) is 24.4 Å². The maximum Gasteiger partial charge on any atom is 0.332 e. The first-order valence-electron chi connectivity index (χ1n) is 15.0. The van der Waals surface area contributed by atoms with Crippen molar-refractivity contribution in [3.8, 4) is 17.2 Å². The second kappa shape index (κ2) is 18.1. The third-order valence-corrected chi connectivity index (χ3v) is 8.09. The molecule has 0 saturated carbocycles. The first-order valence-corrected chi connectivity index (χ1v) is 15.9. The van der Waals surface area contributed by atoms with Gasteiger partial charge < -0.3 is 28.7 Å². The number of rotatable bonds is 19. The molecule has 0 aliphatic carbocycles. The molecule has 1 aliphatic rings. The van der Waals surface area contributed by atoms with Gasteiger partial charge in [-0.3, -0.25) is 9.59 Å². The van der Waals surface area contributed by atoms with Crippen molar-refractivity contribution in [1.29, 1.82) is 0 Å². The predicted octanol–water partition coefficient (Wildman–Crippen LogP) is 4.79. The minimum atomic E-state index is -0.836. The molecule has 0 bridgehead atoms. The number of nitrogens with zero attached hydrogens (tertiary/aromatic N) is 4. The number of hydrogen-bond acceptors (Lipinski definition) is 13. The van der Waals surface area contributed by atoms with E-state index in [4.69, 9.17) is 18.9 Å². The third kappa shape index (κ3) is 10.9. The molecular weight excluding hydrogens is 644 g/mol. The fourth-order valence-electron chi connectivity index (χ4n) is 4.45. The largest absolute Gasteiger partial charge is 0.493 e. The standard InChI is InChI=1S/C33H36N4O10S/c1-35(30-7-3-4-16-34-30)17-20-44-26-12-8-25(9-13-26)22-29-32(39)36(33(40)48-29)23-46-31(38)15-11-24-10-14-27(28(21-24)43-2)45-18-5-6-19-47-37(41)42/h3-4,7-16,21,29H,5-6,17-20,22-23H2,1-2H3/b15-11+. The number of carbonyl (C=O) groups is 3. The molecule has 0 radical (unpaired) electrons. The zero-order valence-electron chi connectivity index (χ0n) is 26.5. The van der Waals surface area contributed by atoms with E-state index >= 15 is 0 Å². The number of unbranched alkanes of at least 4 members (excludes halogenated alkanes) is 1. The maximum absolute atomic E-state index is 12.9. The number of esters is 1. The molecule has 0 N–H and O–H groups in total. The Morgan fingerprint density at radius 2 is 1.83 bits per heavy atom. The van der Waals surface area contributed by atoms with E-state index in [1.165, 1.54) is 19.3 Å². The number of pyridine rings is 1. The van der Waals surface area contributed by atoms with Crippen molar-refractivity contribution < 1.29 is 43.3 Å². The van der Waals surface area contributed by atoms with E-state index in [0.29, 0.717) is 61.8 Å². The number of hydrogen-bond donors (Lipinski definition) is 0. The summed E-state index contributed by atoms with van der Waals surface area (Å²) in [4.78, 5) is 59.5. The minimum absolute atomic E-state index is 0.00853. The minimum Gasteiger partial charge on any atom is -0.493 e. The van der Waals surface area contributed by atoms with Crippen LogP contribution in [0.3, 0.4) is 0 Å². The Bertz CT molecular complexity index is 1570. The van der Waals surface area contributed by atoms with Crippen LogP contribution >= 0.6 is 11.8 Å². The molecule has 254 valence electrons. The number of amides is 2. The Labute approximate surface area is 281 Å². The van der Waals surface area contributed by atoms with E-state index in [0.717, 1.165) is 28.0 Å². The van der Waals surface area contributed by atoms with Gasteiger partial charge in [0.25, 0.3) is 10.3 Å². The predicted molar refractivity (Wildman–Crippen MR) is 177 cm³/mol. The molecular formula is C33H36N4O10S. The number of anilines is 1. The number of ether oxygens (including phenoxy) is 4. The van der Waals surface area contributed by atoms with E-state index < -0.39 is 34.2 Å². The summed E-state index contributed by atoms with van der Waals surface area (Å²) in [5.74, 6) is 1.28. The number of methoxy groups -OCH3 is 1. The molecule has 1 aromatic heterocycles. The number of aromatic nitrogens is 1. The van der Waals surface area contributed by atoms with Gasteiger partial charge >= 0.3 is 5.97 Å². The van der Waals surface area contributed by atoms with Crippen molar-refractivity contribution in [3.05, 3.63) is 94.2 Å². The van der Waals surface area contributed by atoms with Crippen LogP contribution in [0.15, 0.2) is 72.9 Å². The summed E-state index contributed by atoms with van der Waals surface area (Å²) in [6, 6.07) is 18.1. The maximum atomic E-state index is 12.9. The first kappa shape index (κ1) is 35.5. The van der Waals surface area contributed by atoms with Crippen molar-refractivity contribution in [2.24, 2.45) is 0 Å². The molecule has 0 spiro atoms. The van der Waals surface area contributed by atoms with Gasteiger partial charge in [0.2, 0.25) is 5.91 Å². The Morgan fingerprint density at radius 1 is 1.04 bits per heavy atom. The van der Waals surface area contributed by atoms with Gasteiger partial charge in [0, 0.05) is 19.3 Å². The van der Waals surface area contributed by atoms with E-state index in [2.05, 4.69) is 9.82 Å². The molecule has 1 unspecified atom stereocenters. The third-order valence-electron chi connectivity index (χ3n) is 7.01. The number of benzene rings is 2. The second-order valence-corrected chi connectivity index (χ2v) is 11.5. The molecule has 3 aromatic rings. The molecule has 1 fully saturated rings. The van der Waals surface area contributed by atoms with Crippen molar-refractivity contribution in [2.75, 3.05) is 52.2 Å². The van der Waals surface area contributed by atoms with Crippen LogP contribution in [0.25, 0.3) is 6.08 Å². The molecule has 2 aromatic carbocycles. The molecule has 1 atom stereocenters. The van der Waals surface area contributed by atoms with Gasteiger partial charge in [-0.15, -0.1) is 10.1 Å². The number of carbonyl (C=O) groups excluding carboxylic acids is 3. The zero-order valence-corrected chi connectivity index (χ0v) is 27.3. The lowest BCUT2D eigenvalue weighted by molar-refractivity contribution is -0.757. The van der Waals surface area contributed by atoms with Gasteiger partial charge in [-0.1, -0.05) is 36.0 Å². The Morgan fingerprint density at radius 3 is 2.56 bits per heavy atom. The van der Waals surface area contributed by atoms with Crippen molar-refractivity contribution in [2.45, 2.75) is 24.5 Å². The topological polar surface area (TPSA) is 160 Å². The lowest BCUT2D eigenvalue weighted by Gasteiger charge is -2.18. The molecule has 15 heteroatoms. The monoisotopic (exact) mass is 680 g/mol. The highest BCUT2D eigenvalue weighted by Crippen LogP contribution is 2.31. The summed E-state index contributed by atoms with van der Waals surface area (Å²) >= 11 is 0.900. The molecule has 2 amide bonds. The quantitative estimate of drug-likeness (QED) is 0.0559. The van der Waals surface area contributed by atoms with Crippen molar-refractivity contribution in [1.82, 2.24) is 9.88 Å². The highest BCUT2D eigenvalue weighted by Gasteiger charge is 2.40. The summed E-state index contributed by atoms with van der Waals surface area (Å²) in [5.41, 5.74) is 1.48. The summed E-state index contributed by atoms with van der Waals surface area (Å²) < 4.78 is 22.0. The highest BCUT2D eigenvalue weighted by molar-refractivity contribution is 8.15. The number of imide groups is 1.